The number of methoxy groups -OCH3 is 1. The van der Waals surface area contributed by atoms with Crippen molar-refractivity contribution in [3.05, 3.63) is 82.0 Å². The summed E-state index contributed by atoms with van der Waals surface area (Å²) in [5.74, 6) is 1.30. The van der Waals surface area contributed by atoms with Gasteiger partial charge in [-0.3, -0.25) is 14.9 Å². The van der Waals surface area contributed by atoms with E-state index >= 15 is 0 Å². The molecule has 1 amide bonds. The quantitative estimate of drug-likeness (QED) is 0.404. The maximum atomic E-state index is 12.6. The highest BCUT2D eigenvalue weighted by Crippen LogP contribution is 2.31. The molecule has 0 spiro atoms. The van der Waals surface area contributed by atoms with E-state index in [9.17, 15) is 14.9 Å². The number of anilines is 1. The lowest BCUT2D eigenvalue weighted by Crippen LogP contribution is -2.24. The smallest absolute Gasteiger partial charge is 0.293 e. The number of nitrogens with zero attached hydrogens (tertiary/aromatic N) is 3. The van der Waals surface area contributed by atoms with Crippen LogP contribution in [0.4, 0.5) is 11.4 Å². The Morgan fingerprint density at radius 1 is 1.12 bits per heavy atom. The zero-order chi connectivity index (χ0) is 23.2. The topological polar surface area (TPSA) is 107 Å². The first-order valence-electron chi connectivity index (χ1n) is 10.6. The molecule has 9 nitrogen and oxygen atoms in total. The number of hydrogen-bond donors (Lipinski definition) is 1. The second-order valence-corrected chi connectivity index (χ2v) is 7.62. The van der Waals surface area contributed by atoms with Crippen molar-refractivity contribution in [2.75, 3.05) is 25.1 Å². The molecule has 1 fully saturated rings. The summed E-state index contributed by atoms with van der Waals surface area (Å²) in [6.07, 6.45) is 3.63. The van der Waals surface area contributed by atoms with Crippen molar-refractivity contribution in [2.24, 2.45) is 0 Å². The summed E-state index contributed by atoms with van der Waals surface area (Å²) in [6.45, 7) is 1.81. The highest BCUT2D eigenvalue weighted by molar-refractivity contribution is 5.95. The first-order chi connectivity index (χ1) is 16.0. The van der Waals surface area contributed by atoms with Gasteiger partial charge in [0, 0.05) is 49.6 Å². The number of hydrogen-bond acceptors (Lipinski definition) is 7. The zero-order valence-electron chi connectivity index (χ0n) is 18.2. The van der Waals surface area contributed by atoms with E-state index in [0.717, 1.165) is 31.5 Å². The molecule has 4 rings (SSSR count). The summed E-state index contributed by atoms with van der Waals surface area (Å²) in [5, 5.41) is 14.3. The minimum absolute atomic E-state index is 0.0507. The maximum Gasteiger partial charge on any atom is 0.293 e. The van der Waals surface area contributed by atoms with Gasteiger partial charge in [-0.05, 0) is 42.7 Å². The SMILES string of the molecule is COc1cccc(Oc2ccc(CNC(=O)c3ccc(N4CCCC4)c([N+](=O)[O-])c3)cn2)c1. The summed E-state index contributed by atoms with van der Waals surface area (Å²) >= 11 is 0. The minimum Gasteiger partial charge on any atom is -0.497 e. The number of amides is 1. The van der Waals surface area contributed by atoms with Gasteiger partial charge in [-0.15, -0.1) is 0 Å². The van der Waals surface area contributed by atoms with Gasteiger partial charge in [0.25, 0.3) is 11.6 Å². The van der Waals surface area contributed by atoms with Crippen molar-refractivity contribution >= 4 is 17.3 Å². The molecule has 170 valence electrons. The van der Waals surface area contributed by atoms with Gasteiger partial charge in [0.1, 0.15) is 17.2 Å². The molecule has 0 atom stereocenters. The molecule has 33 heavy (non-hydrogen) atoms. The molecule has 3 aromatic rings. The van der Waals surface area contributed by atoms with Gasteiger partial charge in [0.15, 0.2) is 0 Å². The number of carbonyl (C=O) groups is 1. The minimum atomic E-state index is -0.435. The Balaban J connectivity index is 1.38. The third-order valence-corrected chi connectivity index (χ3v) is 5.40. The highest BCUT2D eigenvalue weighted by atomic mass is 16.6. The zero-order valence-corrected chi connectivity index (χ0v) is 18.2. The first-order valence-corrected chi connectivity index (χ1v) is 10.6. The summed E-state index contributed by atoms with van der Waals surface area (Å²) in [5.41, 5.74) is 1.52. The average molecular weight is 448 g/mol. The standard InChI is InChI=1S/C24H24N4O5/c1-32-19-5-4-6-20(14-19)33-23-10-7-17(15-25-23)16-26-24(29)18-8-9-21(22(13-18)28(30)31)27-11-2-3-12-27/h4-10,13-15H,2-3,11-12,16H2,1H3,(H,26,29). The first kappa shape index (κ1) is 22.1. The average Bonchev–Trinajstić information content (AvgIpc) is 3.38. The third-order valence-electron chi connectivity index (χ3n) is 5.40. The number of nitro groups is 1. The van der Waals surface area contributed by atoms with Crippen LogP contribution in [-0.4, -0.2) is 36.0 Å². The van der Waals surface area contributed by atoms with E-state index in [-0.39, 0.29) is 23.7 Å². The molecule has 0 saturated carbocycles. The van der Waals surface area contributed by atoms with Crippen LogP contribution in [0.25, 0.3) is 0 Å². The van der Waals surface area contributed by atoms with E-state index in [1.165, 1.54) is 6.07 Å². The van der Waals surface area contributed by atoms with Gasteiger partial charge in [-0.2, -0.15) is 0 Å². The number of ether oxygens (including phenoxy) is 2. The molecule has 1 N–H and O–H groups in total. The van der Waals surface area contributed by atoms with E-state index in [1.807, 2.05) is 17.0 Å². The Morgan fingerprint density at radius 2 is 1.91 bits per heavy atom. The molecule has 0 aliphatic carbocycles. The number of nitro benzene ring substituents is 1. The lowest BCUT2D eigenvalue weighted by Gasteiger charge is -2.17. The van der Waals surface area contributed by atoms with Crippen LogP contribution in [0.15, 0.2) is 60.8 Å². The lowest BCUT2D eigenvalue weighted by atomic mass is 10.1. The van der Waals surface area contributed by atoms with E-state index in [4.69, 9.17) is 9.47 Å². The number of rotatable bonds is 8. The molecule has 2 heterocycles. The van der Waals surface area contributed by atoms with Crippen LogP contribution < -0.4 is 19.7 Å². The number of aromatic nitrogens is 1. The predicted molar refractivity (Wildman–Crippen MR) is 123 cm³/mol. The Bertz CT molecular complexity index is 1140. The normalized spacial score (nSPS) is 12.9. The highest BCUT2D eigenvalue weighted by Gasteiger charge is 2.23. The van der Waals surface area contributed by atoms with Crippen LogP contribution in [0.1, 0.15) is 28.8 Å². The van der Waals surface area contributed by atoms with Gasteiger partial charge < -0.3 is 19.7 Å². The summed E-state index contributed by atoms with van der Waals surface area (Å²) in [6, 6.07) is 15.3. The molecule has 1 aromatic heterocycles. The van der Waals surface area contributed by atoms with Crippen molar-refractivity contribution < 1.29 is 19.2 Å². The fourth-order valence-electron chi connectivity index (χ4n) is 3.68. The second-order valence-electron chi connectivity index (χ2n) is 7.62. The van der Waals surface area contributed by atoms with Crippen molar-refractivity contribution in [1.82, 2.24) is 10.3 Å². The van der Waals surface area contributed by atoms with Crippen LogP contribution in [-0.2, 0) is 6.54 Å². The molecule has 1 aliphatic rings. The van der Waals surface area contributed by atoms with E-state index in [2.05, 4.69) is 10.3 Å². The molecule has 1 saturated heterocycles. The van der Waals surface area contributed by atoms with Crippen molar-refractivity contribution in [3.63, 3.8) is 0 Å². The van der Waals surface area contributed by atoms with E-state index < -0.39 is 4.92 Å². The monoisotopic (exact) mass is 448 g/mol. The van der Waals surface area contributed by atoms with E-state index in [0.29, 0.717) is 23.1 Å². The molecule has 2 aromatic carbocycles. The van der Waals surface area contributed by atoms with Crippen LogP contribution >= 0.6 is 0 Å². The third kappa shape index (κ3) is 5.38. The fourth-order valence-corrected chi connectivity index (χ4v) is 3.68. The van der Waals surface area contributed by atoms with Crippen molar-refractivity contribution in [2.45, 2.75) is 19.4 Å². The Morgan fingerprint density at radius 3 is 2.61 bits per heavy atom. The maximum absolute atomic E-state index is 12.6. The Hall–Kier alpha value is -4.14. The summed E-state index contributed by atoms with van der Waals surface area (Å²) in [7, 11) is 1.58. The van der Waals surface area contributed by atoms with Gasteiger partial charge in [0.2, 0.25) is 5.88 Å². The summed E-state index contributed by atoms with van der Waals surface area (Å²) < 4.78 is 10.9. The number of carbonyl (C=O) groups excluding carboxylic acids is 1. The molecule has 0 bridgehead atoms. The van der Waals surface area contributed by atoms with E-state index in [1.54, 1.807) is 49.7 Å². The van der Waals surface area contributed by atoms with Crippen molar-refractivity contribution in [3.8, 4) is 17.4 Å². The Labute approximate surface area is 191 Å². The molecule has 0 unspecified atom stereocenters. The molecular formula is C24H24N4O5. The molecule has 0 radical (unpaired) electrons. The van der Waals surface area contributed by atoms with Gasteiger partial charge in [-0.25, -0.2) is 4.98 Å². The molecule has 9 heteroatoms. The van der Waals surface area contributed by atoms with Crippen LogP contribution in [0.3, 0.4) is 0 Å². The van der Waals surface area contributed by atoms with Crippen LogP contribution in [0.2, 0.25) is 0 Å². The van der Waals surface area contributed by atoms with Gasteiger partial charge >= 0.3 is 0 Å². The van der Waals surface area contributed by atoms with Crippen molar-refractivity contribution in [1.29, 1.82) is 0 Å². The van der Waals surface area contributed by atoms with Crippen LogP contribution in [0, 0.1) is 10.1 Å². The lowest BCUT2D eigenvalue weighted by molar-refractivity contribution is -0.384. The second kappa shape index (κ2) is 9.99. The Kier molecular flexibility index (Phi) is 6.68. The number of nitrogens with one attached hydrogen (secondary N) is 1. The fraction of sp³-hybridized carbons (Fsp3) is 0.250. The molecule has 1 aliphatic heterocycles. The molecular weight excluding hydrogens is 424 g/mol. The number of benzene rings is 2. The summed E-state index contributed by atoms with van der Waals surface area (Å²) in [4.78, 5) is 30.0. The van der Waals surface area contributed by atoms with Gasteiger partial charge in [0.05, 0.1) is 12.0 Å². The predicted octanol–water partition coefficient (Wildman–Crippen LogP) is 4.32. The van der Waals surface area contributed by atoms with Gasteiger partial charge in [-0.1, -0.05) is 12.1 Å². The largest absolute Gasteiger partial charge is 0.497 e. The van der Waals surface area contributed by atoms with Crippen LogP contribution in [0.5, 0.6) is 17.4 Å². The number of pyridine rings is 1.